The number of anilines is 1. The molecule has 4 rings (SSSR count). The van der Waals surface area contributed by atoms with Crippen LogP contribution in [-0.2, 0) is 24.5 Å². The topological polar surface area (TPSA) is 119 Å². The molecule has 0 fully saturated rings. The number of ether oxygens (including phenoxy) is 1. The Labute approximate surface area is 180 Å². The van der Waals surface area contributed by atoms with Crippen LogP contribution in [0.1, 0.15) is 32.3 Å². The van der Waals surface area contributed by atoms with Gasteiger partial charge in [0, 0.05) is 23.8 Å². The van der Waals surface area contributed by atoms with Gasteiger partial charge in [-0.25, -0.2) is 9.97 Å². The zero-order valence-corrected chi connectivity index (χ0v) is 18.0. The van der Waals surface area contributed by atoms with Crippen LogP contribution in [0.5, 0.6) is 0 Å². The first-order valence-corrected chi connectivity index (χ1v) is 10.3. The van der Waals surface area contributed by atoms with Gasteiger partial charge >= 0.3 is 0 Å². The molecule has 0 atom stereocenters. The van der Waals surface area contributed by atoms with Gasteiger partial charge in [-0.15, -0.1) is 0 Å². The van der Waals surface area contributed by atoms with Crippen LogP contribution in [0.4, 0.5) is 5.82 Å². The number of hydrogen-bond donors (Lipinski definition) is 3. The molecule has 3 heterocycles. The quantitative estimate of drug-likeness (QED) is 0.419. The van der Waals surface area contributed by atoms with Crippen LogP contribution < -0.4 is 5.73 Å². The summed E-state index contributed by atoms with van der Waals surface area (Å²) in [6.45, 7) is 6.50. The largest absolute Gasteiger partial charge is 0.390 e. The fraction of sp³-hybridized carbons (Fsp3) is 0.348. The highest BCUT2D eigenvalue weighted by molar-refractivity contribution is 6.07. The smallest absolute Gasteiger partial charge is 0.152 e. The molecule has 31 heavy (non-hydrogen) atoms. The Morgan fingerprint density at radius 1 is 1.19 bits per heavy atom. The fourth-order valence-electron chi connectivity index (χ4n) is 3.81. The second-order valence-corrected chi connectivity index (χ2v) is 8.15. The maximum atomic E-state index is 10.5. The van der Waals surface area contributed by atoms with Gasteiger partial charge in [0.15, 0.2) is 5.82 Å². The molecule has 0 saturated carbocycles. The predicted octanol–water partition coefficient (Wildman–Crippen LogP) is 3.03. The number of nitrogen functional groups attached to an aromatic ring is 1. The number of benzene rings is 1. The summed E-state index contributed by atoms with van der Waals surface area (Å²) < 4.78 is 7.57. The van der Waals surface area contributed by atoms with Gasteiger partial charge in [0.2, 0.25) is 0 Å². The molecule has 0 saturated heterocycles. The Bertz CT molecular complexity index is 1240. The van der Waals surface area contributed by atoms with Crippen molar-refractivity contribution >= 4 is 27.8 Å². The second-order valence-electron chi connectivity index (χ2n) is 8.15. The average Bonchev–Trinajstić information content (AvgIpc) is 3.09. The molecule has 0 bridgehead atoms. The molecule has 162 valence electrons. The lowest BCUT2D eigenvalue weighted by Gasteiger charge is -2.20. The molecule has 0 aliphatic rings. The third kappa shape index (κ3) is 4.10. The lowest BCUT2D eigenvalue weighted by molar-refractivity contribution is 0.0582. The Hall–Kier alpha value is -3.07. The number of nitrogens with two attached hydrogens (primary N) is 1. The molecule has 0 unspecified atom stereocenters. The predicted molar refractivity (Wildman–Crippen MR) is 120 cm³/mol. The summed E-state index contributed by atoms with van der Waals surface area (Å²) in [6, 6.07) is 9.63. The van der Waals surface area contributed by atoms with Crippen molar-refractivity contribution in [3.05, 3.63) is 48.0 Å². The first-order valence-electron chi connectivity index (χ1n) is 10.3. The van der Waals surface area contributed by atoms with Crippen molar-refractivity contribution in [2.24, 2.45) is 0 Å². The minimum atomic E-state index is -0.954. The molecular formula is C23H27N5O3. The van der Waals surface area contributed by atoms with Crippen LogP contribution in [-0.4, -0.2) is 41.9 Å². The van der Waals surface area contributed by atoms with Crippen molar-refractivity contribution in [2.45, 2.75) is 46.1 Å². The molecular weight excluding hydrogens is 394 g/mol. The summed E-state index contributed by atoms with van der Waals surface area (Å²) in [6.07, 6.45) is 1.66. The van der Waals surface area contributed by atoms with Crippen molar-refractivity contribution in [1.29, 1.82) is 0 Å². The van der Waals surface area contributed by atoms with Crippen molar-refractivity contribution in [3.63, 3.8) is 0 Å². The molecule has 8 heteroatoms. The van der Waals surface area contributed by atoms with Gasteiger partial charge in [0.05, 0.1) is 35.5 Å². The number of aliphatic hydroxyl groups excluding tert-OH is 1. The minimum Gasteiger partial charge on any atom is -0.390 e. The van der Waals surface area contributed by atoms with E-state index in [0.717, 1.165) is 22.0 Å². The standard InChI is InChI=1S/C23H27N5O3/c1-4-31-12-19-27-20-21(28(19)13-23(2,3)30)16-8-7-14(10-17(16)26-22(20)24)15-6-5-9-25-18(15)11-29/h5-10,29-30H,4,11-13H2,1-3H3,(H2,24,26). The minimum absolute atomic E-state index is 0.151. The Kier molecular flexibility index (Phi) is 5.62. The maximum Gasteiger partial charge on any atom is 0.152 e. The highest BCUT2D eigenvalue weighted by atomic mass is 16.5. The lowest BCUT2D eigenvalue weighted by atomic mass is 10.0. The van der Waals surface area contributed by atoms with E-state index in [4.69, 9.17) is 10.5 Å². The molecule has 0 aliphatic carbocycles. The van der Waals surface area contributed by atoms with E-state index in [9.17, 15) is 10.2 Å². The first kappa shape index (κ1) is 21.2. The van der Waals surface area contributed by atoms with Crippen molar-refractivity contribution in [2.75, 3.05) is 12.3 Å². The number of hydrogen-bond acceptors (Lipinski definition) is 7. The van der Waals surface area contributed by atoms with E-state index in [1.807, 2.05) is 41.8 Å². The molecule has 0 amide bonds. The molecule has 0 spiro atoms. The molecule has 0 aliphatic heterocycles. The number of aliphatic hydroxyl groups is 2. The van der Waals surface area contributed by atoms with Crippen LogP contribution in [0.3, 0.4) is 0 Å². The van der Waals surface area contributed by atoms with Crippen molar-refractivity contribution in [1.82, 2.24) is 19.5 Å². The molecule has 8 nitrogen and oxygen atoms in total. The van der Waals surface area contributed by atoms with E-state index in [1.54, 1.807) is 20.0 Å². The van der Waals surface area contributed by atoms with Crippen LogP contribution in [0.2, 0.25) is 0 Å². The average molecular weight is 422 g/mol. The van der Waals surface area contributed by atoms with Gasteiger partial charge in [-0.05, 0) is 38.5 Å². The monoisotopic (exact) mass is 421 g/mol. The highest BCUT2D eigenvalue weighted by Gasteiger charge is 2.23. The van der Waals surface area contributed by atoms with Gasteiger partial charge in [0.25, 0.3) is 0 Å². The number of aromatic nitrogens is 4. The zero-order chi connectivity index (χ0) is 22.2. The lowest BCUT2D eigenvalue weighted by Crippen LogP contribution is -2.27. The SMILES string of the molecule is CCOCc1nc2c(N)nc3cc(-c4cccnc4CO)ccc3c2n1CC(C)(C)O. The normalized spacial score (nSPS) is 12.2. The van der Waals surface area contributed by atoms with Gasteiger partial charge in [0.1, 0.15) is 17.9 Å². The summed E-state index contributed by atoms with van der Waals surface area (Å²) in [7, 11) is 0. The summed E-state index contributed by atoms with van der Waals surface area (Å²) in [4.78, 5) is 13.5. The van der Waals surface area contributed by atoms with Crippen LogP contribution in [0.25, 0.3) is 33.1 Å². The van der Waals surface area contributed by atoms with Gasteiger partial charge in [-0.3, -0.25) is 4.98 Å². The van der Waals surface area contributed by atoms with Crippen LogP contribution >= 0.6 is 0 Å². The van der Waals surface area contributed by atoms with E-state index < -0.39 is 5.60 Å². The van der Waals surface area contributed by atoms with Crippen LogP contribution in [0, 0.1) is 0 Å². The molecule has 4 aromatic rings. The molecule has 0 radical (unpaired) electrons. The summed E-state index contributed by atoms with van der Waals surface area (Å²) in [5.41, 5.74) is 9.79. The Morgan fingerprint density at radius 2 is 2.00 bits per heavy atom. The van der Waals surface area contributed by atoms with E-state index in [0.29, 0.717) is 48.1 Å². The molecule has 4 N–H and O–H groups in total. The van der Waals surface area contributed by atoms with Gasteiger partial charge in [-0.2, -0.15) is 0 Å². The van der Waals surface area contributed by atoms with E-state index in [2.05, 4.69) is 15.0 Å². The third-order valence-corrected chi connectivity index (χ3v) is 5.11. The number of nitrogens with zero attached hydrogens (tertiary/aromatic N) is 4. The van der Waals surface area contributed by atoms with E-state index in [1.165, 1.54) is 0 Å². The highest BCUT2D eigenvalue weighted by Crippen LogP contribution is 2.33. The number of fused-ring (bicyclic) bond motifs is 3. The van der Waals surface area contributed by atoms with Gasteiger partial charge in [-0.1, -0.05) is 18.2 Å². The fourth-order valence-corrected chi connectivity index (χ4v) is 3.81. The third-order valence-electron chi connectivity index (χ3n) is 5.11. The first-order chi connectivity index (χ1) is 14.8. The molecule has 1 aromatic carbocycles. The summed E-state index contributed by atoms with van der Waals surface area (Å²) in [5, 5.41) is 21.1. The van der Waals surface area contributed by atoms with Crippen molar-refractivity contribution < 1.29 is 14.9 Å². The van der Waals surface area contributed by atoms with E-state index in [-0.39, 0.29) is 6.61 Å². The number of pyridine rings is 2. The van der Waals surface area contributed by atoms with E-state index >= 15 is 0 Å². The van der Waals surface area contributed by atoms with Crippen molar-refractivity contribution in [3.8, 4) is 11.1 Å². The number of rotatable bonds is 7. The summed E-state index contributed by atoms with van der Waals surface area (Å²) in [5.74, 6) is 1.01. The zero-order valence-electron chi connectivity index (χ0n) is 18.0. The summed E-state index contributed by atoms with van der Waals surface area (Å²) >= 11 is 0. The number of imidazole rings is 1. The second kappa shape index (κ2) is 8.22. The van der Waals surface area contributed by atoms with Crippen LogP contribution in [0.15, 0.2) is 36.5 Å². The molecule has 3 aromatic heterocycles. The Morgan fingerprint density at radius 3 is 2.71 bits per heavy atom. The maximum absolute atomic E-state index is 10.5. The van der Waals surface area contributed by atoms with Gasteiger partial charge < -0.3 is 25.3 Å². The Balaban J connectivity index is 1.96.